The Bertz CT molecular complexity index is 1050. The predicted octanol–water partition coefficient (Wildman–Crippen LogP) is 4.65. The lowest BCUT2D eigenvalue weighted by Crippen LogP contribution is -2.22. The van der Waals surface area contributed by atoms with Gasteiger partial charge in [-0.25, -0.2) is 13.8 Å². The summed E-state index contributed by atoms with van der Waals surface area (Å²) in [6.07, 6.45) is 2.33. The van der Waals surface area contributed by atoms with Gasteiger partial charge in [0.1, 0.15) is 0 Å². The van der Waals surface area contributed by atoms with Crippen molar-refractivity contribution < 1.29 is 18.3 Å². The van der Waals surface area contributed by atoms with Crippen molar-refractivity contribution in [2.45, 2.75) is 35.5 Å². The summed E-state index contributed by atoms with van der Waals surface area (Å²) >= 11 is 3.90. The normalized spacial score (nSPS) is 16.9. The highest BCUT2D eigenvalue weighted by atomic mass is 32.2. The summed E-state index contributed by atoms with van der Waals surface area (Å²) in [5.41, 5.74) is 0.903. The van der Waals surface area contributed by atoms with Crippen molar-refractivity contribution in [2.24, 2.45) is 0 Å². The number of aromatic nitrogens is 3. The summed E-state index contributed by atoms with van der Waals surface area (Å²) < 4.78 is 32.8. The molecule has 164 valence electrons. The van der Waals surface area contributed by atoms with Crippen molar-refractivity contribution in [2.75, 3.05) is 23.8 Å². The Morgan fingerprint density at radius 3 is 2.97 bits per heavy atom. The second-order valence-electron chi connectivity index (χ2n) is 6.81. The smallest absolute Gasteiger partial charge is 0.239 e. The van der Waals surface area contributed by atoms with Gasteiger partial charge in [0.05, 0.1) is 17.0 Å². The van der Waals surface area contributed by atoms with Crippen molar-refractivity contribution >= 4 is 50.6 Å². The number of thiazole rings is 1. The molecule has 0 radical (unpaired) electrons. The standard InChI is InChI=1S/C19H19F2N5O2S3/c1-10(30-19-26-25-17(31-19)22-8-12-3-2-6-28-12)16(27)24-18-23-15(9-29-18)11-4-5-13(20)14(21)7-11/h4-5,7,9-10,12H,2-3,6,8H2,1H3,(H,22,25)(H,23,24,27)/t10-,12+/m0/s1. The zero-order valence-electron chi connectivity index (χ0n) is 16.4. The Labute approximate surface area is 189 Å². The minimum atomic E-state index is -0.942. The number of rotatable bonds is 8. The zero-order chi connectivity index (χ0) is 21.8. The third kappa shape index (κ3) is 5.76. The lowest BCUT2D eigenvalue weighted by Gasteiger charge is -2.09. The molecule has 0 aliphatic carbocycles. The van der Waals surface area contributed by atoms with E-state index in [0.29, 0.717) is 32.4 Å². The average molecular weight is 484 g/mol. The van der Waals surface area contributed by atoms with Crippen LogP contribution in [-0.2, 0) is 9.53 Å². The average Bonchev–Trinajstić information content (AvgIpc) is 3.50. The van der Waals surface area contributed by atoms with Gasteiger partial charge in [0.15, 0.2) is 21.1 Å². The van der Waals surface area contributed by atoms with E-state index in [2.05, 4.69) is 25.8 Å². The molecule has 3 heterocycles. The molecule has 2 atom stereocenters. The fourth-order valence-corrected chi connectivity index (χ4v) is 5.49. The molecule has 1 fully saturated rings. The van der Waals surface area contributed by atoms with E-state index in [1.165, 1.54) is 40.5 Å². The number of hydrogen-bond donors (Lipinski definition) is 2. The molecule has 0 unspecified atom stereocenters. The number of nitrogens with one attached hydrogen (secondary N) is 2. The topological polar surface area (TPSA) is 89.0 Å². The van der Waals surface area contributed by atoms with E-state index in [4.69, 9.17) is 4.74 Å². The number of ether oxygens (including phenoxy) is 1. The molecule has 3 aromatic rings. The molecule has 0 bridgehead atoms. The Kier molecular flexibility index (Phi) is 7.10. The summed E-state index contributed by atoms with van der Waals surface area (Å²) in [6.45, 7) is 3.27. The second-order valence-corrected chi connectivity index (χ2v) is 10.2. The number of anilines is 2. The Morgan fingerprint density at radius 2 is 2.19 bits per heavy atom. The molecule has 7 nitrogen and oxygen atoms in total. The van der Waals surface area contributed by atoms with E-state index in [-0.39, 0.29) is 12.0 Å². The van der Waals surface area contributed by atoms with Gasteiger partial charge in [0.2, 0.25) is 11.0 Å². The molecule has 2 N–H and O–H groups in total. The molecule has 0 spiro atoms. The van der Waals surface area contributed by atoms with Crippen molar-refractivity contribution in [3.63, 3.8) is 0 Å². The quantitative estimate of drug-likeness (QED) is 0.451. The maximum atomic E-state index is 13.4. The Balaban J connectivity index is 1.29. The van der Waals surface area contributed by atoms with E-state index < -0.39 is 16.9 Å². The molecular weight excluding hydrogens is 464 g/mol. The van der Waals surface area contributed by atoms with Crippen molar-refractivity contribution in [3.05, 3.63) is 35.2 Å². The van der Waals surface area contributed by atoms with E-state index in [1.54, 1.807) is 12.3 Å². The molecule has 12 heteroatoms. The maximum absolute atomic E-state index is 13.4. The van der Waals surface area contributed by atoms with Crippen molar-refractivity contribution in [3.8, 4) is 11.3 Å². The fourth-order valence-electron chi connectivity index (χ4n) is 2.87. The largest absolute Gasteiger partial charge is 0.376 e. The predicted molar refractivity (Wildman–Crippen MR) is 119 cm³/mol. The summed E-state index contributed by atoms with van der Waals surface area (Å²) in [5, 5.41) is 16.5. The minimum absolute atomic E-state index is 0.208. The first-order chi connectivity index (χ1) is 15.0. The third-order valence-electron chi connectivity index (χ3n) is 4.51. The summed E-state index contributed by atoms with van der Waals surface area (Å²) in [7, 11) is 0. The van der Waals surface area contributed by atoms with Crippen LogP contribution in [0, 0.1) is 11.6 Å². The SMILES string of the molecule is C[C@H](Sc1nnc(NC[C@H]2CCCO2)s1)C(=O)Nc1nc(-c2ccc(F)c(F)c2)cs1. The molecule has 1 aliphatic rings. The van der Waals surface area contributed by atoms with Gasteiger partial charge >= 0.3 is 0 Å². The van der Waals surface area contributed by atoms with Gasteiger partial charge in [-0.2, -0.15) is 0 Å². The van der Waals surface area contributed by atoms with Crippen LogP contribution in [0.1, 0.15) is 19.8 Å². The summed E-state index contributed by atoms with van der Waals surface area (Å²) in [4.78, 5) is 16.8. The van der Waals surface area contributed by atoms with Gasteiger partial charge in [-0.3, -0.25) is 4.79 Å². The van der Waals surface area contributed by atoms with E-state index >= 15 is 0 Å². The minimum Gasteiger partial charge on any atom is -0.376 e. The van der Waals surface area contributed by atoms with E-state index in [9.17, 15) is 13.6 Å². The monoisotopic (exact) mass is 483 g/mol. The number of thioether (sulfide) groups is 1. The Hall–Kier alpha value is -2.15. The number of hydrogen-bond acceptors (Lipinski definition) is 9. The van der Waals surface area contributed by atoms with Crippen LogP contribution in [-0.4, -0.2) is 45.6 Å². The van der Waals surface area contributed by atoms with Crippen LogP contribution in [0.15, 0.2) is 27.9 Å². The highest BCUT2D eigenvalue weighted by molar-refractivity contribution is 8.02. The van der Waals surface area contributed by atoms with Gasteiger partial charge < -0.3 is 15.4 Å². The molecule has 1 aromatic carbocycles. The van der Waals surface area contributed by atoms with E-state index in [1.807, 2.05) is 0 Å². The first-order valence-electron chi connectivity index (χ1n) is 9.55. The molecule has 1 amide bonds. The van der Waals surface area contributed by atoms with Gasteiger partial charge in [0.25, 0.3) is 0 Å². The van der Waals surface area contributed by atoms with Crippen LogP contribution in [0.4, 0.5) is 19.0 Å². The highest BCUT2D eigenvalue weighted by Gasteiger charge is 2.20. The van der Waals surface area contributed by atoms with Gasteiger partial charge in [-0.05, 0) is 38.0 Å². The lowest BCUT2D eigenvalue weighted by molar-refractivity contribution is -0.115. The summed E-state index contributed by atoms with van der Waals surface area (Å²) in [6, 6.07) is 3.57. The van der Waals surface area contributed by atoms with Crippen LogP contribution in [0.5, 0.6) is 0 Å². The van der Waals surface area contributed by atoms with Crippen LogP contribution in [0.2, 0.25) is 0 Å². The molecule has 31 heavy (non-hydrogen) atoms. The fraction of sp³-hybridized carbons (Fsp3) is 0.368. The first kappa shape index (κ1) is 22.1. The number of benzene rings is 1. The van der Waals surface area contributed by atoms with E-state index in [0.717, 1.165) is 31.6 Å². The molecular formula is C19H19F2N5O2S3. The number of nitrogens with zero attached hydrogens (tertiary/aromatic N) is 3. The summed E-state index contributed by atoms with van der Waals surface area (Å²) in [5.74, 6) is -2.09. The molecule has 0 saturated carbocycles. The number of halogens is 2. The lowest BCUT2D eigenvalue weighted by atomic mass is 10.2. The first-order valence-corrected chi connectivity index (χ1v) is 12.1. The number of carbonyl (C=O) groups excluding carboxylic acids is 1. The molecule has 4 rings (SSSR count). The molecule has 2 aromatic heterocycles. The number of carbonyl (C=O) groups is 1. The second kappa shape index (κ2) is 9.98. The van der Waals surface area contributed by atoms with Crippen molar-refractivity contribution in [1.29, 1.82) is 0 Å². The van der Waals surface area contributed by atoms with Gasteiger partial charge in [-0.15, -0.1) is 21.5 Å². The zero-order valence-corrected chi connectivity index (χ0v) is 18.9. The van der Waals surface area contributed by atoms with Crippen LogP contribution in [0.25, 0.3) is 11.3 Å². The van der Waals surface area contributed by atoms with Crippen LogP contribution >= 0.6 is 34.4 Å². The van der Waals surface area contributed by atoms with Gasteiger partial charge in [0, 0.05) is 24.1 Å². The van der Waals surface area contributed by atoms with Crippen molar-refractivity contribution in [1.82, 2.24) is 15.2 Å². The number of amides is 1. The van der Waals surface area contributed by atoms with Gasteiger partial charge in [-0.1, -0.05) is 23.1 Å². The van der Waals surface area contributed by atoms with Crippen LogP contribution < -0.4 is 10.6 Å². The maximum Gasteiger partial charge on any atom is 0.239 e. The van der Waals surface area contributed by atoms with Crippen LogP contribution in [0.3, 0.4) is 0 Å². The highest BCUT2D eigenvalue weighted by Crippen LogP contribution is 2.31. The molecule has 1 saturated heterocycles. The molecule has 1 aliphatic heterocycles. The third-order valence-corrected chi connectivity index (χ3v) is 7.33. The Morgan fingerprint density at radius 1 is 1.32 bits per heavy atom.